The molecule has 3 nitrogen and oxygen atoms in total. The second-order valence-electron chi connectivity index (χ2n) is 5.05. The summed E-state index contributed by atoms with van der Waals surface area (Å²) < 4.78 is 0. The Morgan fingerprint density at radius 2 is 2.11 bits per heavy atom. The van der Waals surface area contributed by atoms with Gasteiger partial charge in [0, 0.05) is 30.0 Å². The lowest BCUT2D eigenvalue weighted by molar-refractivity contribution is 0.656. The summed E-state index contributed by atoms with van der Waals surface area (Å²) in [5.74, 6) is 4.46. The van der Waals surface area contributed by atoms with E-state index in [-0.39, 0.29) is 0 Å². The highest BCUT2D eigenvalue weighted by Crippen LogP contribution is 2.40. The Morgan fingerprint density at radius 1 is 1.21 bits per heavy atom. The summed E-state index contributed by atoms with van der Waals surface area (Å²) in [5.41, 5.74) is 5.36. The first kappa shape index (κ1) is 11.3. The van der Waals surface area contributed by atoms with Gasteiger partial charge in [0.1, 0.15) is 11.6 Å². The SMILES string of the molecule is CNc1nc(C2Cc3ccccc32)nc2c1CSC2. The van der Waals surface area contributed by atoms with Gasteiger partial charge in [-0.05, 0) is 17.5 Å². The number of nitrogens with zero attached hydrogens (tertiary/aromatic N) is 2. The number of rotatable bonds is 2. The van der Waals surface area contributed by atoms with Crippen molar-refractivity contribution in [1.82, 2.24) is 9.97 Å². The third-order valence-electron chi connectivity index (χ3n) is 4.00. The van der Waals surface area contributed by atoms with Crippen LogP contribution in [-0.2, 0) is 17.9 Å². The number of hydrogen-bond donors (Lipinski definition) is 1. The smallest absolute Gasteiger partial charge is 0.138 e. The van der Waals surface area contributed by atoms with E-state index in [2.05, 4.69) is 29.6 Å². The molecular formula is C15H15N3S. The molecule has 0 saturated carbocycles. The molecular weight excluding hydrogens is 254 g/mol. The van der Waals surface area contributed by atoms with E-state index in [1.165, 1.54) is 22.4 Å². The number of hydrogen-bond acceptors (Lipinski definition) is 4. The molecule has 1 atom stereocenters. The molecule has 4 heteroatoms. The van der Waals surface area contributed by atoms with Gasteiger partial charge in [-0.15, -0.1) is 0 Å². The topological polar surface area (TPSA) is 37.8 Å². The number of aromatic nitrogens is 2. The molecule has 0 amide bonds. The van der Waals surface area contributed by atoms with E-state index in [9.17, 15) is 0 Å². The van der Waals surface area contributed by atoms with Crippen LogP contribution >= 0.6 is 11.8 Å². The van der Waals surface area contributed by atoms with Gasteiger partial charge in [-0.25, -0.2) is 9.97 Å². The highest BCUT2D eigenvalue weighted by atomic mass is 32.2. The molecule has 19 heavy (non-hydrogen) atoms. The predicted molar refractivity (Wildman–Crippen MR) is 78.6 cm³/mol. The zero-order valence-corrected chi connectivity index (χ0v) is 11.6. The second kappa shape index (κ2) is 4.23. The van der Waals surface area contributed by atoms with E-state index < -0.39 is 0 Å². The van der Waals surface area contributed by atoms with Crippen LogP contribution in [0, 0.1) is 0 Å². The van der Waals surface area contributed by atoms with Crippen molar-refractivity contribution in [2.75, 3.05) is 12.4 Å². The Hall–Kier alpha value is -1.55. The van der Waals surface area contributed by atoms with Crippen molar-refractivity contribution in [3.05, 3.63) is 52.5 Å². The van der Waals surface area contributed by atoms with Crippen LogP contribution in [0.1, 0.15) is 34.1 Å². The maximum atomic E-state index is 4.81. The molecule has 0 saturated heterocycles. The van der Waals surface area contributed by atoms with Crippen LogP contribution in [0.3, 0.4) is 0 Å². The fraction of sp³-hybridized carbons (Fsp3) is 0.333. The Bertz CT molecular complexity index is 654. The molecule has 1 aliphatic carbocycles. The average molecular weight is 269 g/mol. The van der Waals surface area contributed by atoms with Crippen molar-refractivity contribution >= 4 is 17.6 Å². The molecule has 96 valence electrons. The molecule has 1 aromatic heterocycles. The number of benzene rings is 1. The molecule has 4 rings (SSSR count). The first-order valence-corrected chi connectivity index (χ1v) is 7.75. The van der Waals surface area contributed by atoms with Crippen molar-refractivity contribution in [2.24, 2.45) is 0 Å². The minimum absolute atomic E-state index is 0.388. The number of nitrogens with one attached hydrogen (secondary N) is 1. The van der Waals surface area contributed by atoms with Gasteiger partial charge in [0.15, 0.2) is 0 Å². The van der Waals surface area contributed by atoms with E-state index >= 15 is 0 Å². The van der Waals surface area contributed by atoms with Crippen molar-refractivity contribution in [1.29, 1.82) is 0 Å². The summed E-state index contributed by atoms with van der Waals surface area (Å²) in [7, 11) is 1.95. The molecule has 0 bridgehead atoms. The van der Waals surface area contributed by atoms with E-state index in [1.54, 1.807) is 0 Å². The van der Waals surface area contributed by atoms with E-state index in [0.29, 0.717) is 5.92 Å². The molecule has 0 spiro atoms. The Labute approximate surface area is 116 Å². The lowest BCUT2D eigenvalue weighted by atomic mass is 9.77. The average Bonchev–Trinajstić information content (AvgIpc) is 2.87. The van der Waals surface area contributed by atoms with E-state index in [0.717, 1.165) is 29.6 Å². The lowest BCUT2D eigenvalue weighted by Crippen LogP contribution is -2.21. The van der Waals surface area contributed by atoms with Gasteiger partial charge < -0.3 is 5.32 Å². The summed E-state index contributed by atoms with van der Waals surface area (Å²) in [6.45, 7) is 0. The zero-order chi connectivity index (χ0) is 12.8. The van der Waals surface area contributed by atoms with Crippen LogP contribution in [0.4, 0.5) is 5.82 Å². The molecule has 1 aliphatic heterocycles. The largest absolute Gasteiger partial charge is 0.373 e. The van der Waals surface area contributed by atoms with Crippen molar-refractivity contribution in [3.63, 3.8) is 0 Å². The quantitative estimate of drug-likeness (QED) is 0.909. The number of thioether (sulfide) groups is 1. The molecule has 2 aliphatic rings. The molecule has 1 aromatic carbocycles. The van der Waals surface area contributed by atoms with Crippen molar-refractivity contribution < 1.29 is 0 Å². The van der Waals surface area contributed by atoms with Gasteiger partial charge in [0.05, 0.1) is 5.69 Å². The van der Waals surface area contributed by atoms with E-state index in [4.69, 9.17) is 9.97 Å². The molecule has 1 N–H and O–H groups in total. The first-order valence-electron chi connectivity index (χ1n) is 6.60. The van der Waals surface area contributed by atoms with Gasteiger partial charge >= 0.3 is 0 Å². The van der Waals surface area contributed by atoms with Crippen LogP contribution in [0.25, 0.3) is 0 Å². The van der Waals surface area contributed by atoms with Gasteiger partial charge in [-0.2, -0.15) is 11.8 Å². The summed E-state index contributed by atoms with van der Waals surface area (Å²) in [6.07, 6.45) is 1.07. The monoisotopic (exact) mass is 269 g/mol. The molecule has 0 fully saturated rings. The lowest BCUT2D eigenvalue weighted by Gasteiger charge is -2.29. The Kier molecular flexibility index (Phi) is 2.52. The highest BCUT2D eigenvalue weighted by molar-refractivity contribution is 7.98. The Morgan fingerprint density at radius 3 is 2.95 bits per heavy atom. The summed E-state index contributed by atoms with van der Waals surface area (Å²) in [6, 6.07) is 8.61. The van der Waals surface area contributed by atoms with E-state index in [1.807, 2.05) is 18.8 Å². The fourth-order valence-corrected chi connectivity index (χ4v) is 3.96. The predicted octanol–water partition coefficient (Wildman–Crippen LogP) is 2.95. The maximum Gasteiger partial charge on any atom is 0.138 e. The minimum Gasteiger partial charge on any atom is -0.373 e. The number of fused-ring (bicyclic) bond motifs is 2. The van der Waals surface area contributed by atoms with Gasteiger partial charge in [-0.1, -0.05) is 24.3 Å². The normalized spacial score (nSPS) is 19.5. The first-order chi connectivity index (χ1) is 9.36. The van der Waals surface area contributed by atoms with Crippen molar-refractivity contribution in [2.45, 2.75) is 23.8 Å². The van der Waals surface area contributed by atoms with Gasteiger partial charge in [-0.3, -0.25) is 0 Å². The summed E-state index contributed by atoms with van der Waals surface area (Å²) >= 11 is 1.92. The molecule has 2 heterocycles. The summed E-state index contributed by atoms with van der Waals surface area (Å²) in [4.78, 5) is 9.56. The van der Waals surface area contributed by atoms with Crippen LogP contribution in [-0.4, -0.2) is 17.0 Å². The van der Waals surface area contributed by atoms with Crippen LogP contribution in [0.2, 0.25) is 0 Å². The van der Waals surface area contributed by atoms with Gasteiger partial charge in [0.25, 0.3) is 0 Å². The zero-order valence-electron chi connectivity index (χ0n) is 10.8. The van der Waals surface area contributed by atoms with Crippen molar-refractivity contribution in [3.8, 4) is 0 Å². The fourth-order valence-electron chi connectivity index (χ4n) is 2.92. The molecule has 2 aromatic rings. The van der Waals surface area contributed by atoms with Crippen LogP contribution in [0.5, 0.6) is 0 Å². The van der Waals surface area contributed by atoms with Gasteiger partial charge in [0.2, 0.25) is 0 Å². The Balaban J connectivity index is 1.78. The third-order valence-corrected chi connectivity index (χ3v) is 4.97. The summed E-state index contributed by atoms with van der Waals surface area (Å²) in [5, 5.41) is 3.23. The standard InChI is InChI=1S/C15H15N3S/c1-16-14-12-7-19-8-13(12)17-15(18-14)11-6-9-4-2-3-5-10(9)11/h2-5,11H,6-8H2,1H3,(H,16,17,18). The van der Waals surface area contributed by atoms with Crippen LogP contribution in [0.15, 0.2) is 24.3 Å². The molecule has 1 unspecified atom stereocenters. The second-order valence-corrected chi connectivity index (χ2v) is 6.04. The third kappa shape index (κ3) is 1.66. The minimum atomic E-state index is 0.388. The molecule has 0 radical (unpaired) electrons. The number of anilines is 1. The maximum absolute atomic E-state index is 4.81. The highest BCUT2D eigenvalue weighted by Gasteiger charge is 2.31. The van der Waals surface area contributed by atoms with Crippen LogP contribution < -0.4 is 5.32 Å².